The van der Waals surface area contributed by atoms with E-state index in [1.165, 1.54) is 12.8 Å². The summed E-state index contributed by atoms with van der Waals surface area (Å²) in [5, 5.41) is 4.12. The maximum absolute atomic E-state index is 4.95. The summed E-state index contributed by atoms with van der Waals surface area (Å²) < 4.78 is 1.96. The van der Waals surface area contributed by atoms with Gasteiger partial charge in [-0.3, -0.25) is 0 Å². The fraction of sp³-hybridized carbons (Fsp3) is 0.294. The largest absolute Gasteiger partial charge is 0.399 e. The van der Waals surface area contributed by atoms with E-state index in [9.17, 15) is 0 Å². The maximum atomic E-state index is 4.95. The standard InChI is InChI=1S/C17H17N3O/c1-21-19-17(12-20-11-10-18-13-20)16-8-6-15(7-9-16)5-4-14-2-3-14/h6-11,13-14H,2-3,12H2,1H3. The van der Waals surface area contributed by atoms with E-state index < -0.39 is 0 Å². The molecule has 0 spiro atoms. The summed E-state index contributed by atoms with van der Waals surface area (Å²) in [6.45, 7) is 0.626. The van der Waals surface area contributed by atoms with Crippen LogP contribution < -0.4 is 0 Å². The van der Waals surface area contributed by atoms with Crippen molar-refractivity contribution in [3.63, 3.8) is 0 Å². The molecule has 106 valence electrons. The Morgan fingerprint density at radius 1 is 1.38 bits per heavy atom. The Morgan fingerprint density at radius 3 is 2.81 bits per heavy atom. The number of hydrogen-bond acceptors (Lipinski definition) is 3. The van der Waals surface area contributed by atoms with Crippen LogP contribution in [0.5, 0.6) is 0 Å². The van der Waals surface area contributed by atoms with Gasteiger partial charge in [0.15, 0.2) is 0 Å². The Kier molecular flexibility index (Phi) is 4.02. The third-order valence-electron chi connectivity index (χ3n) is 3.31. The lowest BCUT2D eigenvalue weighted by molar-refractivity contribution is 0.212. The van der Waals surface area contributed by atoms with Crippen LogP contribution in [0.1, 0.15) is 24.0 Å². The molecule has 21 heavy (non-hydrogen) atoms. The topological polar surface area (TPSA) is 39.4 Å². The van der Waals surface area contributed by atoms with Gasteiger partial charge in [-0.1, -0.05) is 29.1 Å². The number of rotatable bonds is 4. The summed E-state index contributed by atoms with van der Waals surface area (Å²) in [4.78, 5) is 8.99. The van der Waals surface area contributed by atoms with Crippen LogP contribution in [-0.4, -0.2) is 22.4 Å². The molecule has 1 aliphatic carbocycles. The van der Waals surface area contributed by atoms with Crippen LogP contribution in [0.15, 0.2) is 48.1 Å². The van der Waals surface area contributed by atoms with Gasteiger partial charge in [-0.15, -0.1) is 0 Å². The Morgan fingerprint density at radius 2 is 2.19 bits per heavy atom. The highest BCUT2D eigenvalue weighted by Crippen LogP contribution is 2.27. The molecule has 0 radical (unpaired) electrons. The predicted octanol–water partition coefficient (Wildman–Crippen LogP) is 2.70. The molecule has 0 unspecified atom stereocenters. The molecule has 1 heterocycles. The smallest absolute Gasteiger partial charge is 0.107 e. The molecule has 0 atom stereocenters. The second-order valence-electron chi connectivity index (χ2n) is 5.08. The van der Waals surface area contributed by atoms with Gasteiger partial charge in [-0.25, -0.2) is 4.98 Å². The highest BCUT2D eigenvalue weighted by Gasteiger charge is 2.17. The van der Waals surface area contributed by atoms with Crippen LogP contribution >= 0.6 is 0 Å². The Balaban J connectivity index is 1.76. The third kappa shape index (κ3) is 3.73. The molecule has 1 aromatic carbocycles. The minimum Gasteiger partial charge on any atom is -0.399 e. The van der Waals surface area contributed by atoms with Crippen molar-refractivity contribution in [2.75, 3.05) is 7.11 Å². The molecule has 0 N–H and O–H groups in total. The maximum Gasteiger partial charge on any atom is 0.107 e. The van der Waals surface area contributed by atoms with E-state index in [4.69, 9.17) is 4.84 Å². The minimum absolute atomic E-state index is 0.622. The van der Waals surface area contributed by atoms with Crippen molar-refractivity contribution in [1.29, 1.82) is 0 Å². The molecule has 0 aliphatic heterocycles. The highest BCUT2D eigenvalue weighted by atomic mass is 16.6. The normalized spacial score (nSPS) is 14.4. The van der Waals surface area contributed by atoms with Crippen molar-refractivity contribution in [3.05, 3.63) is 54.1 Å². The monoisotopic (exact) mass is 279 g/mol. The van der Waals surface area contributed by atoms with Crippen molar-refractivity contribution in [3.8, 4) is 11.8 Å². The molecular weight excluding hydrogens is 262 g/mol. The first-order valence-corrected chi connectivity index (χ1v) is 7.03. The minimum atomic E-state index is 0.622. The number of benzene rings is 1. The molecule has 4 nitrogen and oxygen atoms in total. The lowest BCUT2D eigenvalue weighted by atomic mass is 10.1. The second-order valence-corrected chi connectivity index (χ2v) is 5.08. The van der Waals surface area contributed by atoms with Crippen molar-refractivity contribution >= 4 is 5.71 Å². The van der Waals surface area contributed by atoms with Crippen molar-refractivity contribution in [2.24, 2.45) is 11.1 Å². The van der Waals surface area contributed by atoms with Crippen LogP contribution in [0.4, 0.5) is 0 Å². The molecule has 1 saturated carbocycles. The zero-order valence-electron chi connectivity index (χ0n) is 12.0. The van der Waals surface area contributed by atoms with Gasteiger partial charge in [0.2, 0.25) is 0 Å². The molecule has 2 aromatic rings. The summed E-state index contributed by atoms with van der Waals surface area (Å²) in [5.74, 6) is 7.10. The summed E-state index contributed by atoms with van der Waals surface area (Å²) in [7, 11) is 1.56. The molecule has 1 aromatic heterocycles. The van der Waals surface area contributed by atoms with Crippen LogP contribution in [0.2, 0.25) is 0 Å². The van der Waals surface area contributed by atoms with Crippen LogP contribution in [-0.2, 0) is 11.4 Å². The lowest BCUT2D eigenvalue weighted by Crippen LogP contribution is -2.11. The Bertz CT molecular complexity index is 671. The number of hydrogen-bond donors (Lipinski definition) is 0. The first kappa shape index (κ1) is 13.4. The van der Waals surface area contributed by atoms with E-state index in [0.29, 0.717) is 12.5 Å². The number of imidazole rings is 1. The quantitative estimate of drug-likeness (QED) is 0.490. The van der Waals surface area contributed by atoms with Crippen molar-refractivity contribution < 1.29 is 4.84 Å². The third-order valence-corrected chi connectivity index (χ3v) is 3.31. The van der Waals surface area contributed by atoms with E-state index in [1.54, 1.807) is 19.6 Å². The van der Waals surface area contributed by atoms with Crippen molar-refractivity contribution in [2.45, 2.75) is 19.4 Å². The Labute approximate surface area is 124 Å². The fourth-order valence-corrected chi connectivity index (χ4v) is 2.00. The van der Waals surface area contributed by atoms with Crippen LogP contribution in [0, 0.1) is 17.8 Å². The van der Waals surface area contributed by atoms with Gasteiger partial charge >= 0.3 is 0 Å². The van der Waals surface area contributed by atoms with Crippen LogP contribution in [0.3, 0.4) is 0 Å². The van der Waals surface area contributed by atoms with E-state index in [1.807, 2.05) is 35.0 Å². The highest BCUT2D eigenvalue weighted by molar-refractivity contribution is 6.00. The van der Waals surface area contributed by atoms with Gasteiger partial charge in [0.1, 0.15) is 12.8 Å². The van der Waals surface area contributed by atoms with Gasteiger partial charge < -0.3 is 9.40 Å². The molecular formula is C17H17N3O. The van der Waals surface area contributed by atoms with E-state index >= 15 is 0 Å². The van der Waals surface area contributed by atoms with Gasteiger partial charge in [0, 0.05) is 29.4 Å². The molecule has 3 rings (SSSR count). The lowest BCUT2D eigenvalue weighted by Gasteiger charge is -2.07. The van der Waals surface area contributed by atoms with E-state index in [2.05, 4.69) is 22.0 Å². The predicted molar refractivity (Wildman–Crippen MR) is 81.8 cm³/mol. The summed E-state index contributed by atoms with van der Waals surface area (Å²) >= 11 is 0. The zero-order chi connectivity index (χ0) is 14.5. The number of aromatic nitrogens is 2. The molecule has 0 amide bonds. The number of oxime groups is 1. The second kappa shape index (κ2) is 6.27. The molecule has 0 saturated heterocycles. The molecule has 4 heteroatoms. The van der Waals surface area contributed by atoms with Gasteiger partial charge in [-0.05, 0) is 25.0 Å². The van der Waals surface area contributed by atoms with E-state index in [0.717, 1.165) is 16.8 Å². The summed E-state index contributed by atoms with van der Waals surface area (Å²) in [6.07, 6.45) is 7.92. The van der Waals surface area contributed by atoms with Gasteiger partial charge in [0.05, 0.1) is 12.9 Å². The van der Waals surface area contributed by atoms with Crippen LogP contribution in [0.25, 0.3) is 0 Å². The first-order valence-electron chi connectivity index (χ1n) is 7.03. The van der Waals surface area contributed by atoms with E-state index in [-0.39, 0.29) is 0 Å². The molecule has 0 bridgehead atoms. The zero-order valence-corrected chi connectivity index (χ0v) is 12.0. The average molecular weight is 279 g/mol. The number of nitrogens with zero attached hydrogens (tertiary/aromatic N) is 3. The molecule has 1 fully saturated rings. The van der Waals surface area contributed by atoms with Gasteiger partial charge in [0.25, 0.3) is 0 Å². The fourth-order valence-electron chi connectivity index (χ4n) is 2.00. The summed E-state index contributed by atoms with van der Waals surface area (Å²) in [5.41, 5.74) is 2.93. The Hall–Kier alpha value is -2.54. The first-order chi connectivity index (χ1) is 10.3. The SMILES string of the molecule is CON=C(Cn1ccnc1)c1ccc(C#CC2CC2)cc1. The summed E-state index contributed by atoms with van der Waals surface area (Å²) in [6, 6.07) is 8.13. The van der Waals surface area contributed by atoms with Gasteiger partial charge in [-0.2, -0.15) is 0 Å². The van der Waals surface area contributed by atoms with Crippen molar-refractivity contribution in [1.82, 2.24) is 9.55 Å². The average Bonchev–Trinajstić information content (AvgIpc) is 3.21. The molecule has 1 aliphatic rings.